The molecular weight excluding hydrogens is 404 g/mol. The van der Waals surface area contributed by atoms with Crippen molar-refractivity contribution in [2.75, 3.05) is 19.0 Å². The molecule has 6 rings (SSSR count). The standard InChI is InChI=1S/C27H39ClN2O/c1-25(2)18-30(12-10-23(25)29)24(31)27-15-19-13-26(17-27,21-7-4-3-5-8-21)14-20(16-27)22(19)9-6-11-28/h3-5,7-8,19-20,22-23H,6,9-18,29H2,1-2H3/t19?,20?,22?,23-,26?,27?/m0/s1. The third-order valence-electron chi connectivity index (χ3n) is 9.61. The molecule has 5 aliphatic rings. The average molecular weight is 443 g/mol. The highest BCUT2D eigenvalue weighted by atomic mass is 35.5. The van der Waals surface area contributed by atoms with Gasteiger partial charge in [-0.3, -0.25) is 4.79 Å². The van der Waals surface area contributed by atoms with Gasteiger partial charge in [-0.2, -0.15) is 0 Å². The van der Waals surface area contributed by atoms with E-state index in [0.717, 1.165) is 57.0 Å². The number of piperidine rings is 1. The number of hydrogen-bond donors (Lipinski definition) is 1. The van der Waals surface area contributed by atoms with Crippen LogP contribution in [0.2, 0.25) is 0 Å². The maximum absolute atomic E-state index is 14.2. The zero-order valence-electron chi connectivity index (χ0n) is 19.3. The Morgan fingerprint density at radius 2 is 1.81 bits per heavy atom. The molecule has 3 nitrogen and oxygen atoms in total. The van der Waals surface area contributed by atoms with E-state index in [2.05, 4.69) is 49.1 Å². The normalized spacial score (nSPS) is 40.8. The van der Waals surface area contributed by atoms with Gasteiger partial charge in [0.1, 0.15) is 0 Å². The summed E-state index contributed by atoms with van der Waals surface area (Å²) in [6.45, 7) is 6.08. The first kappa shape index (κ1) is 21.8. The number of hydrogen-bond acceptors (Lipinski definition) is 2. The second-order valence-electron chi connectivity index (χ2n) is 12.0. The lowest BCUT2D eigenvalue weighted by atomic mass is 9.39. The van der Waals surface area contributed by atoms with Gasteiger partial charge in [0, 0.05) is 25.0 Å². The van der Waals surface area contributed by atoms with Gasteiger partial charge in [0.25, 0.3) is 0 Å². The lowest BCUT2D eigenvalue weighted by molar-refractivity contribution is -0.171. The van der Waals surface area contributed by atoms with Crippen LogP contribution in [0.15, 0.2) is 30.3 Å². The van der Waals surface area contributed by atoms with Crippen molar-refractivity contribution in [2.45, 2.75) is 76.7 Å². The highest BCUT2D eigenvalue weighted by Gasteiger charge is 2.64. The van der Waals surface area contributed by atoms with Gasteiger partial charge in [-0.05, 0) is 85.5 Å². The Labute approximate surface area is 193 Å². The molecule has 2 unspecified atom stereocenters. The lowest BCUT2D eigenvalue weighted by Gasteiger charge is -2.65. The van der Waals surface area contributed by atoms with Crippen LogP contribution < -0.4 is 5.73 Å². The van der Waals surface area contributed by atoms with Crippen molar-refractivity contribution >= 4 is 17.5 Å². The fraction of sp³-hybridized carbons (Fsp3) is 0.741. The van der Waals surface area contributed by atoms with Crippen molar-refractivity contribution in [1.29, 1.82) is 0 Å². The van der Waals surface area contributed by atoms with Crippen LogP contribution in [0.3, 0.4) is 0 Å². The molecule has 2 N–H and O–H groups in total. The van der Waals surface area contributed by atoms with E-state index in [-0.39, 0.29) is 22.3 Å². The van der Waals surface area contributed by atoms with Gasteiger partial charge in [0.15, 0.2) is 0 Å². The number of amides is 1. The Morgan fingerprint density at radius 3 is 2.42 bits per heavy atom. The minimum atomic E-state index is -0.170. The third-order valence-corrected chi connectivity index (χ3v) is 9.88. The van der Waals surface area contributed by atoms with Crippen molar-refractivity contribution in [1.82, 2.24) is 4.90 Å². The summed E-state index contributed by atoms with van der Waals surface area (Å²) in [5.41, 5.74) is 7.87. The van der Waals surface area contributed by atoms with Crippen molar-refractivity contribution < 1.29 is 4.79 Å². The Morgan fingerprint density at radius 1 is 1.13 bits per heavy atom. The molecule has 1 saturated heterocycles. The number of nitrogens with zero attached hydrogens (tertiary/aromatic N) is 1. The van der Waals surface area contributed by atoms with Crippen LogP contribution in [0.4, 0.5) is 0 Å². The largest absolute Gasteiger partial charge is 0.342 e. The SMILES string of the molecule is CC1(C)CN(C(=O)C23CC4CC(c5ccccc5)(CC(C2)C4CCCCl)C3)CC[C@@H]1N. The highest BCUT2D eigenvalue weighted by Crippen LogP contribution is 2.68. The maximum Gasteiger partial charge on any atom is 0.228 e. The predicted octanol–water partition coefficient (Wildman–Crippen LogP) is 5.36. The van der Waals surface area contributed by atoms with E-state index in [4.69, 9.17) is 17.3 Å². The van der Waals surface area contributed by atoms with E-state index >= 15 is 0 Å². The molecule has 1 aromatic rings. The quantitative estimate of drug-likeness (QED) is 0.624. The van der Waals surface area contributed by atoms with Crippen LogP contribution in [0.1, 0.15) is 70.8 Å². The summed E-state index contributed by atoms with van der Waals surface area (Å²) in [5.74, 6) is 3.27. The molecule has 5 fully saturated rings. The molecule has 4 heteroatoms. The van der Waals surface area contributed by atoms with Crippen LogP contribution in [0.25, 0.3) is 0 Å². The van der Waals surface area contributed by atoms with Gasteiger partial charge >= 0.3 is 0 Å². The van der Waals surface area contributed by atoms with E-state index in [9.17, 15) is 4.79 Å². The number of carbonyl (C=O) groups excluding carboxylic acids is 1. The number of benzene rings is 1. The molecule has 0 aromatic heterocycles. The number of likely N-dealkylation sites (tertiary alicyclic amines) is 1. The van der Waals surface area contributed by atoms with E-state index in [1.165, 1.54) is 24.8 Å². The monoisotopic (exact) mass is 442 g/mol. The summed E-state index contributed by atoms with van der Waals surface area (Å²) < 4.78 is 0. The molecule has 31 heavy (non-hydrogen) atoms. The molecule has 1 heterocycles. The van der Waals surface area contributed by atoms with Crippen LogP contribution >= 0.6 is 11.6 Å². The Balaban J connectivity index is 1.47. The summed E-state index contributed by atoms with van der Waals surface area (Å²) in [6.07, 6.45) is 9.00. The second-order valence-corrected chi connectivity index (χ2v) is 12.4. The number of halogens is 1. The maximum atomic E-state index is 14.2. The smallest absolute Gasteiger partial charge is 0.228 e. The fourth-order valence-corrected chi connectivity index (χ4v) is 8.45. The van der Waals surface area contributed by atoms with Crippen LogP contribution in [-0.4, -0.2) is 35.8 Å². The van der Waals surface area contributed by atoms with Crippen molar-refractivity contribution in [3.63, 3.8) is 0 Å². The summed E-state index contributed by atoms with van der Waals surface area (Å²) in [6, 6.07) is 11.3. The Kier molecular flexibility index (Phi) is 5.45. The van der Waals surface area contributed by atoms with E-state index < -0.39 is 0 Å². The lowest BCUT2D eigenvalue weighted by Crippen LogP contribution is -2.64. The molecule has 0 spiro atoms. The zero-order chi connectivity index (χ0) is 21.9. The molecule has 1 amide bonds. The summed E-state index contributed by atoms with van der Waals surface area (Å²) in [4.78, 5) is 16.4. The molecular formula is C27H39ClN2O. The molecule has 3 atom stereocenters. The topological polar surface area (TPSA) is 46.3 Å². The number of nitrogens with two attached hydrogens (primary N) is 1. The van der Waals surface area contributed by atoms with E-state index in [1.54, 1.807) is 0 Å². The van der Waals surface area contributed by atoms with Crippen molar-refractivity contribution in [3.05, 3.63) is 35.9 Å². The first-order valence-corrected chi connectivity index (χ1v) is 13.0. The van der Waals surface area contributed by atoms with Crippen LogP contribution in [0.5, 0.6) is 0 Å². The summed E-state index contributed by atoms with van der Waals surface area (Å²) in [5, 5.41) is 0. The molecule has 0 radical (unpaired) electrons. The Bertz CT molecular complexity index is 806. The zero-order valence-corrected chi connectivity index (χ0v) is 20.0. The van der Waals surface area contributed by atoms with Crippen LogP contribution in [0, 0.1) is 28.6 Å². The second kappa shape index (κ2) is 7.76. The molecule has 170 valence electrons. The first-order valence-electron chi connectivity index (χ1n) is 12.5. The molecule has 1 aliphatic heterocycles. The Hall–Kier alpha value is -1.06. The van der Waals surface area contributed by atoms with E-state index in [0.29, 0.717) is 17.7 Å². The first-order chi connectivity index (χ1) is 14.8. The van der Waals surface area contributed by atoms with Gasteiger partial charge in [-0.1, -0.05) is 44.2 Å². The minimum Gasteiger partial charge on any atom is -0.342 e. The average Bonchev–Trinajstić information content (AvgIpc) is 2.75. The van der Waals surface area contributed by atoms with Gasteiger partial charge in [0.2, 0.25) is 5.91 Å². The summed E-state index contributed by atoms with van der Waals surface area (Å²) in [7, 11) is 0. The van der Waals surface area contributed by atoms with E-state index in [1.807, 2.05) is 0 Å². The van der Waals surface area contributed by atoms with Crippen molar-refractivity contribution in [2.24, 2.45) is 34.3 Å². The number of rotatable bonds is 5. The molecule has 1 aromatic carbocycles. The molecule has 4 saturated carbocycles. The van der Waals surface area contributed by atoms with Gasteiger partial charge in [-0.15, -0.1) is 11.6 Å². The highest BCUT2D eigenvalue weighted by molar-refractivity contribution is 6.17. The number of alkyl halides is 1. The van der Waals surface area contributed by atoms with Gasteiger partial charge in [-0.25, -0.2) is 0 Å². The van der Waals surface area contributed by atoms with Gasteiger partial charge in [0.05, 0.1) is 5.41 Å². The van der Waals surface area contributed by atoms with Crippen molar-refractivity contribution in [3.8, 4) is 0 Å². The van der Waals surface area contributed by atoms with Gasteiger partial charge < -0.3 is 10.6 Å². The minimum absolute atomic E-state index is 0.00376. The molecule has 4 aliphatic carbocycles. The summed E-state index contributed by atoms with van der Waals surface area (Å²) >= 11 is 6.08. The molecule has 4 bridgehead atoms. The number of carbonyl (C=O) groups is 1. The third kappa shape index (κ3) is 3.55. The predicted molar refractivity (Wildman–Crippen MR) is 127 cm³/mol. The fourth-order valence-electron chi connectivity index (χ4n) is 8.29. The van der Waals surface area contributed by atoms with Crippen LogP contribution in [-0.2, 0) is 10.2 Å².